The van der Waals surface area contributed by atoms with Crippen molar-refractivity contribution in [3.8, 4) is 0 Å². The Hall–Kier alpha value is -2.64. The molecule has 1 amide bonds. The number of hydrogen-bond acceptors (Lipinski definition) is 10. The summed E-state index contributed by atoms with van der Waals surface area (Å²) < 4.78 is 17.6. The van der Waals surface area contributed by atoms with E-state index in [1.54, 1.807) is 6.08 Å². The molecule has 0 aromatic carbocycles. The van der Waals surface area contributed by atoms with E-state index in [1.165, 1.54) is 141 Å². The SMILES string of the molecule is CCCCC/C=C\C/C=C\C/C=C\CCCCCCCCCC(O)C(=O)NC(COC1OC(CO)C(O)C(O)C1OC(=O)CCCCCCCCC/C=C\CCCCCC)C(O)/C=C/CCCCCCCCCCCCC. The van der Waals surface area contributed by atoms with Gasteiger partial charge in [-0.3, -0.25) is 9.59 Å². The zero-order valence-electron chi connectivity index (χ0n) is 49.6. The molecule has 11 heteroatoms. The van der Waals surface area contributed by atoms with Crippen LogP contribution in [0.3, 0.4) is 0 Å². The maximum atomic E-state index is 13.4. The first-order valence-electron chi connectivity index (χ1n) is 32.1. The minimum Gasteiger partial charge on any atom is -0.454 e. The van der Waals surface area contributed by atoms with Gasteiger partial charge in [0.05, 0.1) is 25.4 Å². The smallest absolute Gasteiger partial charge is 0.306 e. The monoisotopic (exact) mass is 1090 g/mol. The number of aliphatic hydroxyl groups is 5. The molecule has 0 saturated carbocycles. The van der Waals surface area contributed by atoms with Crippen LogP contribution in [0.1, 0.15) is 284 Å². The van der Waals surface area contributed by atoms with Crippen LogP contribution in [-0.2, 0) is 23.8 Å². The Morgan fingerprint density at radius 3 is 1.39 bits per heavy atom. The topological polar surface area (TPSA) is 175 Å². The second kappa shape index (κ2) is 54.0. The van der Waals surface area contributed by atoms with Crippen molar-refractivity contribution < 1.29 is 49.3 Å². The number of hydrogen-bond donors (Lipinski definition) is 6. The van der Waals surface area contributed by atoms with Gasteiger partial charge < -0.3 is 45.1 Å². The van der Waals surface area contributed by atoms with Crippen LogP contribution in [0.4, 0.5) is 0 Å². The van der Waals surface area contributed by atoms with Crippen molar-refractivity contribution in [2.75, 3.05) is 13.2 Å². The van der Waals surface area contributed by atoms with Gasteiger partial charge in [-0.05, 0) is 89.9 Å². The Morgan fingerprint density at radius 2 is 0.896 bits per heavy atom. The van der Waals surface area contributed by atoms with Gasteiger partial charge in [0, 0.05) is 6.42 Å². The molecule has 6 N–H and O–H groups in total. The summed E-state index contributed by atoms with van der Waals surface area (Å²) in [7, 11) is 0. The van der Waals surface area contributed by atoms with Crippen LogP contribution in [0.15, 0.2) is 60.8 Å². The quantitative estimate of drug-likeness (QED) is 0.0195. The molecule has 0 bridgehead atoms. The van der Waals surface area contributed by atoms with Crippen molar-refractivity contribution in [1.29, 1.82) is 0 Å². The molecule has 0 radical (unpaired) electrons. The Balaban J connectivity index is 2.68. The minimum absolute atomic E-state index is 0.117. The number of esters is 1. The molecule has 1 saturated heterocycles. The van der Waals surface area contributed by atoms with Crippen LogP contribution < -0.4 is 5.32 Å². The van der Waals surface area contributed by atoms with E-state index in [1.807, 2.05) is 6.08 Å². The minimum atomic E-state index is -1.62. The number of aliphatic hydroxyl groups excluding tert-OH is 5. The van der Waals surface area contributed by atoms with Crippen LogP contribution in [-0.4, -0.2) is 99.6 Å². The highest BCUT2D eigenvalue weighted by Gasteiger charge is 2.47. The van der Waals surface area contributed by atoms with Gasteiger partial charge in [-0.2, -0.15) is 0 Å². The van der Waals surface area contributed by atoms with Crippen molar-refractivity contribution >= 4 is 11.9 Å². The van der Waals surface area contributed by atoms with Crippen LogP contribution >= 0.6 is 0 Å². The molecule has 0 spiro atoms. The largest absolute Gasteiger partial charge is 0.454 e. The first kappa shape index (κ1) is 72.4. The molecule has 0 aromatic heterocycles. The molecule has 77 heavy (non-hydrogen) atoms. The van der Waals surface area contributed by atoms with Crippen molar-refractivity contribution in [3.63, 3.8) is 0 Å². The van der Waals surface area contributed by atoms with Crippen molar-refractivity contribution in [3.05, 3.63) is 60.8 Å². The number of amides is 1. The van der Waals surface area contributed by atoms with Crippen molar-refractivity contribution in [1.82, 2.24) is 5.32 Å². The van der Waals surface area contributed by atoms with Crippen LogP contribution in [0.2, 0.25) is 0 Å². The molecule has 0 aliphatic carbocycles. The average molecular weight is 1090 g/mol. The van der Waals surface area contributed by atoms with Crippen molar-refractivity contribution in [2.24, 2.45) is 0 Å². The van der Waals surface area contributed by atoms with Crippen LogP contribution in [0, 0.1) is 0 Å². The first-order chi connectivity index (χ1) is 37.7. The Morgan fingerprint density at radius 1 is 0.506 bits per heavy atom. The summed E-state index contributed by atoms with van der Waals surface area (Å²) in [5.74, 6) is -1.20. The number of unbranched alkanes of at least 4 members (excludes halogenated alkanes) is 32. The van der Waals surface area contributed by atoms with Gasteiger partial charge in [-0.25, -0.2) is 0 Å². The van der Waals surface area contributed by atoms with Crippen LogP contribution in [0.5, 0.6) is 0 Å². The molecule has 8 unspecified atom stereocenters. The summed E-state index contributed by atoms with van der Waals surface area (Å²) in [5, 5.41) is 57.0. The number of rotatable bonds is 54. The molecule has 1 aliphatic rings. The molecule has 0 aromatic rings. The van der Waals surface area contributed by atoms with E-state index >= 15 is 0 Å². The number of allylic oxidation sites excluding steroid dienone is 9. The molecule has 8 atom stereocenters. The average Bonchev–Trinajstić information content (AvgIpc) is 3.43. The summed E-state index contributed by atoms with van der Waals surface area (Å²) >= 11 is 0. The summed E-state index contributed by atoms with van der Waals surface area (Å²) in [4.78, 5) is 26.6. The summed E-state index contributed by atoms with van der Waals surface area (Å²) in [6, 6.07) is -1.03. The molecular weight excluding hydrogens is 967 g/mol. The lowest BCUT2D eigenvalue weighted by atomic mass is 9.99. The number of carbonyl (C=O) groups excluding carboxylic acids is 2. The second-order valence-electron chi connectivity index (χ2n) is 22.1. The van der Waals surface area contributed by atoms with Crippen molar-refractivity contribution in [2.45, 2.75) is 333 Å². The molecule has 11 nitrogen and oxygen atoms in total. The Kier molecular flexibility index (Phi) is 50.7. The summed E-state index contributed by atoms with van der Waals surface area (Å²) in [5.41, 5.74) is 0. The molecule has 1 rings (SSSR count). The van der Waals surface area contributed by atoms with Gasteiger partial charge in [0.2, 0.25) is 5.91 Å². The maximum absolute atomic E-state index is 13.4. The third-order valence-electron chi connectivity index (χ3n) is 14.9. The zero-order chi connectivity index (χ0) is 56.1. The van der Waals surface area contributed by atoms with E-state index in [0.29, 0.717) is 12.8 Å². The normalized spacial score (nSPS) is 19.4. The molecular formula is C66H119NO10. The lowest BCUT2D eigenvalue weighted by Gasteiger charge is -2.41. The van der Waals surface area contributed by atoms with Gasteiger partial charge in [0.25, 0.3) is 0 Å². The predicted octanol–water partition coefficient (Wildman–Crippen LogP) is 15.4. The molecule has 1 aliphatic heterocycles. The Labute approximate surface area is 471 Å². The zero-order valence-corrected chi connectivity index (χ0v) is 49.6. The number of ether oxygens (including phenoxy) is 3. The molecule has 1 heterocycles. The van der Waals surface area contributed by atoms with E-state index in [-0.39, 0.29) is 19.4 Å². The molecule has 448 valence electrons. The lowest BCUT2D eigenvalue weighted by molar-refractivity contribution is -0.305. The fourth-order valence-electron chi connectivity index (χ4n) is 9.77. The van der Waals surface area contributed by atoms with Gasteiger partial charge in [0.1, 0.15) is 24.4 Å². The van der Waals surface area contributed by atoms with E-state index < -0.39 is 67.4 Å². The summed E-state index contributed by atoms with van der Waals surface area (Å²) in [6.45, 7) is 5.76. The van der Waals surface area contributed by atoms with E-state index in [4.69, 9.17) is 14.2 Å². The van der Waals surface area contributed by atoms with Gasteiger partial charge in [-0.1, -0.05) is 248 Å². The predicted molar refractivity (Wildman–Crippen MR) is 320 cm³/mol. The second-order valence-corrected chi connectivity index (χ2v) is 22.1. The highest BCUT2D eigenvalue weighted by Crippen LogP contribution is 2.26. The summed E-state index contributed by atoms with van der Waals surface area (Å²) in [6.07, 6.45) is 56.7. The third kappa shape index (κ3) is 42.0. The fraction of sp³-hybridized carbons (Fsp3) is 0.818. The lowest BCUT2D eigenvalue weighted by Crippen LogP contribution is -2.61. The first-order valence-corrected chi connectivity index (χ1v) is 32.1. The van der Waals surface area contributed by atoms with E-state index in [9.17, 15) is 35.1 Å². The third-order valence-corrected chi connectivity index (χ3v) is 14.9. The van der Waals surface area contributed by atoms with Gasteiger partial charge in [-0.15, -0.1) is 0 Å². The molecule has 1 fully saturated rings. The van der Waals surface area contributed by atoms with E-state index in [0.717, 1.165) is 96.3 Å². The fourth-order valence-corrected chi connectivity index (χ4v) is 9.77. The van der Waals surface area contributed by atoms with Gasteiger partial charge >= 0.3 is 5.97 Å². The van der Waals surface area contributed by atoms with E-state index in [2.05, 4.69) is 74.7 Å². The van der Waals surface area contributed by atoms with Crippen LogP contribution in [0.25, 0.3) is 0 Å². The Bertz CT molecular complexity index is 1480. The van der Waals surface area contributed by atoms with Gasteiger partial charge in [0.15, 0.2) is 12.4 Å². The number of carbonyl (C=O) groups is 2. The number of nitrogens with one attached hydrogen (secondary N) is 1. The highest BCUT2D eigenvalue weighted by molar-refractivity contribution is 5.80. The maximum Gasteiger partial charge on any atom is 0.306 e. The highest BCUT2D eigenvalue weighted by atomic mass is 16.7. The standard InChI is InChI=1S/C66H119NO10/c1-4-7-10-13-16-19-22-25-27-28-29-30-31-33-35-38-41-44-47-50-53-59(70)65(74)67-57(58(69)52-49-46-43-40-37-34-24-21-18-15-12-9-6-3)56-75-66-64(63(73)62(72)60(55-68)76-66)77-61(71)54-51-48-45-42-39-36-32-26-23-20-17-14-11-8-5-2/h16,19-20,23,25,27,29-30,49,52,57-60,62-64,66,68-70,72-73H,4-15,17-18,21-22,24,26,28,31-48,50-51,53-56H2,1-3H3,(H,67,74)/b19-16-,23-20-,27-25-,30-29-,52-49+.